The van der Waals surface area contributed by atoms with Crippen LogP contribution in [0.5, 0.6) is 0 Å². The highest BCUT2D eigenvalue weighted by Crippen LogP contribution is 2.28. The van der Waals surface area contributed by atoms with Gasteiger partial charge in [0, 0.05) is 5.39 Å². The molecule has 3 rings (SSSR count). The molecular weight excluding hydrogens is 298 g/mol. The third kappa shape index (κ3) is 2.54. The number of thioether (sulfide) groups is 1. The molecule has 0 aliphatic carbocycles. The number of aryl methyl sites for hydroxylation is 1. The summed E-state index contributed by atoms with van der Waals surface area (Å²) >= 11 is 1.36. The molecular formula is C16H17N3O2S. The molecule has 1 aromatic carbocycles. The number of pyridine rings is 1. The minimum atomic E-state index is -0.326. The molecule has 0 amide bonds. The van der Waals surface area contributed by atoms with Crippen LogP contribution in [-0.4, -0.2) is 32.4 Å². The van der Waals surface area contributed by atoms with Crippen LogP contribution in [0.4, 0.5) is 0 Å². The Kier molecular flexibility index (Phi) is 4.02. The van der Waals surface area contributed by atoms with Gasteiger partial charge >= 0.3 is 5.97 Å². The third-order valence-corrected chi connectivity index (χ3v) is 4.50. The third-order valence-electron chi connectivity index (χ3n) is 3.47. The maximum absolute atomic E-state index is 11.8. The lowest BCUT2D eigenvalue weighted by atomic mass is 10.1. The van der Waals surface area contributed by atoms with E-state index in [1.165, 1.54) is 11.8 Å². The summed E-state index contributed by atoms with van der Waals surface area (Å²) in [7, 11) is 0. The van der Waals surface area contributed by atoms with Gasteiger partial charge in [0.05, 0.1) is 12.1 Å². The van der Waals surface area contributed by atoms with Crippen LogP contribution in [-0.2, 0) is 9.53 Å². The van der Waals surface area contributed by atoms with Gasteiger partial charge in [-0.05, 0) is 38.5 Å². The first-order chi connectivity index (χ1) is 10.6. The van der Waals surface area contributed by atoms with Crippen LogP contribution >= 0.6 is 11.8 Å². The summed E-state index contributed by atoms with van der Waals surface area (Å²) in [6.07, 6.45) is 0. The first-order valence-corrected chi connectivity index (χ1v) is 8.06. The fourth-order valence-electron chi connectivity index (χ4n) is 2.42. The van der Waals surface area contributed by atoms with E-state index in [0.29, 0.717) is 11.8 Å². The monoisotopic (exact) mass is 315 g/mol. The summed E-state index contributed by atoms with van der Waals surface area (Å²) < 4.78 is 7.04. The summed E-state index contributed by atoms with van der Waals surface area (Å²) in [6, 6.07) is 10.1. The van der Waals surface area contributed by atoms with Crippen LogP contribution in [0.2, 0.25) is 0 Å². The number of fused-ring (bicyclic) bond motifs is 3. The normalized spacial score (nSPS) is 12.7. The minimum Gasteiger partial charge on any atom is -0.465 e. The lowest BCUT2D eigenvalue weighted by Gasteiger charge is -2.10. The lowest BCUT2D eigenvalue weighted by molar-refractivity contribution is -0.142. The fraction of sp³-hybridized carbons (Fsp3) is 0.312. The molecule has 2 heterocycles. The van der Waals surface area contributed by atoms with Crippen molar-refractivity contribution < 1.29 is 9.53 Å². The molecule has 0 radical (unpaired) electrons. The van der Waals surface area contributed by atoms with Gasteiger partial charge in [-0.15, -0.1) is 10.2 Å². The summed E-state index contributed by atoms with van der Waals surface area (Å²) in [5.74, 6) is -0.235. The van der Waals surface area contributed by atoms with E-state index >= 15 is 0 Å². The first kappa shape index (κ1) is 14.8. The molecule has 0 bridgehead atoms. The summed E-state index contributed by atoms with van der Waals surface area (Å²) in [6.45, 7) is 6.07. The molecule has 0 N–H and O–H groups in total. The van der Waals surface area contributed by atoms with Gasteiger partial charge in [0.15, 0.2) is 10.8 Å². The molecule has 6 heteroatoms. The minimum absolute atomic E-state index is 0.235. The molecule has 0 spiro atoms. The first-order valence-electron chi connectivity index (χ1n) is 7.18. The molecule has 2 aromatic heterocycles. The Morgan fingerprint density at radius 1 is 1.36 bits per heavy atom. The summed E-state index contributed by atoms with van der Waals surface area (Å²) in [5, 5.41) is 9.99. The highest BCUT2D eigenvalue weighted by Gasteiger charge is 2.20. The predicted molar refractivity (Wildman–Crippen MR) is 87.2 cm³/mol. The number of hydrogen-bond donors (Lipinski definition) is 0. The van der Waals surface area contributed by atoms with Crippen molar-refractivity contribution in [3.63, 3.8) is 0 Å². The summed E-state index contributed by atoms with van der Waals surface area (Å²) in [5.41, 5.74) is 2.99. The zero-order valence-corrected chi connectivity index (χ0v) is 13.6. The second-order valence-corrected chi connectivity index (χ2v) is 6.34. The van der Waals surface area contributed by atoms with Crippen molar-refractivity contribution in [1.82, 2.24) is 14.6 Å². The molecule has 0 unspecified atom stereocenters. The molecule has 0 aliphatic heterocycles. The van der Waals surface area contributed by atoms with Crippen molar-refractivity contribution in [3.8, 4) is 0 Å². The van der Waals surface area contributed by atoms with Gasteiger partial charge in [0.2, 0.25) is 0 Å². The quantitative estimate of drug-likeness (QED) is 0.546. The molecule has 5 nitrogen and oxygen atoms in total. The van der Waals surface area contributed by atoms with E-state index in [2.05, 4.69) is 23.2 Å². The van der Waals surface area contributed by atoms with E-state index in [1.807, 2.05) is 35.6 Å². The largest absolute Gasteiger partial charge is 0.465 e. The second-order valence-electron chi connectivity index (χ2n) is 5.03. The number of aromatic nitrogens is 3. The average molecular weight is 315 g/mol. The van der Waals surface area contributed by atoms with Gasteiger partial charge < -0.3 is 4.74 Å². The van der Waals surface area contributed by atoms with E-state index in [0.717, 1.165) is 22.1 Å². The topological polar surface area (TPSA) is 56.5 Å². The van der Waals surface area contributed by atoms with Crippen molar-refractivity contribution in [1.29, 1.82) is 0 Å². The van der Waals surface area contributed by atoms with Crippen molar-refractivity contribution in [2.45, 2.75) is 31.2 Å². The highest BCUT2D eigenvalue weighted by atomic mass is 32.2. The molecule has 0 saturated carbocycles. The van der Waals surface area contributed by atoms with Crippen molar-refractivity contribution in [3.05, 3.63) is 35.9 Å². The molecule has 114 valence electrons. The molecule has 3 aromatic rings. The van der Waals surface area contributed by atoms with Crippen molar-refractivity contribution >= 4 is 34.3 Å². The van der Waals surface area contributed by atoms with Crippen LogP contribution in [0.1, 0.15) is 19.4 Å². The zero-order chi connectivity index (χ0) is 15.7. The number of hydrogen-bond acceptors (Lipinski definition) is 5. The smallest absolute Gasteiger partial charge is 0.319 e. The summed E-state index contributed by atoms with van der Waals surface area (Å²) in [4.78, 5) is 11.8. The van der Waals surface area contributed by atoms with Gasteiger partial charge in [-0.1, -0.05) is 30.0 Å². The maximum atomic E-state index is 11.8. The van der Waals surface area contributed by atoms with E-state index in [9.17, 15) is 4.79 Å². The maximum Gasteiger partial charge on any atom is 0.319 e. The van der Waals surface area contributed by atoms with Crippen LogP contribution in [0.25, 0.3) is 16.6 Å². The molecule has 0 saturated heterocycles. The molecule has 0 aliphatic rings. The number of rotatable bonds is 4. The lowest BCUT2D eigenvalue weighted by Crippen LogP contribution is -2.17. The Balaban J connectivity index is 2.08. The van der Waals surface area contributed by atoms with Crippen LogP contribution in [0.3, 0.4) is 0 Å². The number of carbonyl (C=O) groups excluding carboxylic acids is 1. The second kappa shape index (κ2) is 5.96. The van der Waals surface area contributed by atoms with Gasteiger partial charge in [-0.2, -0.15) is 0 Å². The zero-order valence-electron chi connectivity index (χ0n) is 12.7. The number of para-hydroxylation sites is 1. The van der Waals surface area contributed by atoms with Gasteiger partial charge in [-0.3, -0.25) is 9.20 Å². The van der Waals surface area contributed by atoms with Gasteiger partial charge in [0.25, 0.3) is 0 Å². The van der Waals surface area contributed by atoms with Gasteiger partial charge in [0.1, 0.15) is 5.25 Å². The van der Waals surface area contributed by atoms with E-state index in [4.69, 9.17) is 4.74 Å². The van der Waals surface area contributed by atoms with Crippen LogP contribution in [0.15, 0.2) is 35.5 Å². The number of nitrogens with zero attached hydrogens (tertiary/aromatic N) is 3. The molecule has 1 atom stereocenters. The van der Waals surface area contributed by atoms with Crippen LogP contribution in [0, 0.1) is 6.92 Å². The number of esters is 1. The Bertz CT molecular complexity index is 844. The molecule has 0 fully saturated rings. The Morgan fingerprint density at radius 3 is 2.91 bits per heavy atom. The number of ether oxygens (including phenoxy) is 1. The number of carbonyl (C=O) groups is 1. The number of benzene rings is 1. The Morgan fingerprint density at radius 2 is 2.14 bits per heavy atom. The standard InChI is InChI=1S/C16H17N3O2S/c1-4-21-15(20)11(3)22-16-18-17-14-9-10(2)12-7-5-6-8-13(12)19(14)16/h5-9,11H,4H2,1-3H3/t11-/m0/s1. The molecule has 22 heavy (non-hydrogen) atoms. The fourth-order valence-corrected chi connectivity index (χ4v) is 3.28. The predicted octanol–water partition coefficient (Wildman–Crippen LogP) is 3.23. The van der Waals surface area contributed by atoms with Crippen LogP contribution < -0.4 is 0 Å². The SMILES string of the molecule is CCOC(=O)[C@H](C)Sc1nnc2cc(C)c3ccccc3n12. The van der Waals surface area contributed by atoms with E-state index < -0.39 is 0 Å². The Labute approximate surface area is 132 Å². The van der Waals surface area contributed by atoms with E-state index in [-0.39, 0.29) is 11.2 Å². The van der Waals surface area contributed by atoms with Crippen molar-refractivity contribution in [2.75, 3.05) is 6.61 Å². The highest BCUT2D eigenvalue weighted by molar-refractivity contribution is 8.00. The van der Waals surface area contributed by atoms with Gasteiger partial charge in [-0.25, -0.2) is 0 Å². The Hall–Kier alpha value is -2.08. The average Bonchev–Trinajstić information content (AvgIpc) is 2.90. The van der Waals surface area contributed by atoms with Crippen molar-refractivity contribution in [2.24, 2.45) is 0 Å². The van der Waals surface area contributed by atoms with E-state index in [1.54, 1.807) is 6.92 Å².